The number of piperidine rings is 1. The zero-order valence-corrected chi connectivity index (χ0v) is 20.1. The Kier molecular flexibility index (Phi) is 6.95. The molecule has 1 amide bonds. The van der Waals surface area contributed by atoms with Crippen LogP contribution in [0.1, 0.15) is 30.5 Å². The highest BCUT2D eigenvalue weighted by molar-refractivity contribution is 7.89. The molecule has 0 atom stereocenters. The first-order valence-electron chi connectivity index (χ1n) is 10.4. The molecule has 1 aliphatic heterocycles. The molecular weight excluding hydrogens is 466 g/mol. The molecule has 4 rings (SSSR count). The second-order valence-corrected chi connectivity index (χ2v) is 11.0. The molecule has 0 saturated carbocycles. The Hall–Kier alpha value is -2.26. The predicted molar refractivity (Wildman–Crippen MR) is 129 cm³/mol. The minimum atomic E-state index is -3.57. The molecule has 0 aliphatic carbocycles. The fourth-order valence-electron chi connectivity index (χ4n) is 3.66. The molecule has 9 heteroatoms. The van der Waals surface area contributed by atoms with Crippen molar-refractivity contribution in [2.45, 2.75) is 37.5 Å². The van der Waals surface area contributed by atoms with E-state index in [4.69, 9.17) is 11.6 Å². The van der Waals surface area contributed by atoms with Gasteiger partial charge in [-0.1, -0.05) is 42.3 Å². The molecule has 168 valence electrons. The Balaban J connectivity index is 1.48. The summed E-state index contributed by atoms with van der Waals surface area (Å²) in [7, 11) is -3.57. The Labute approximate surface area is 197 Å². The quantitative estimate of drug-likeness (QED) is 0.520. The van der Waals surface area contributed by atoms with Crippen molar-refractivity contribution < 1.29 is 13.2 Å². The zero-order chi connectivity index (χ0) is 22.7. The maximum absolute atomic E-state index is 13.0. The summed E-state index contributed by atoms with van der Waals surface area (Å²) in [6.45, 7) is 2.91. The number of nitrogens with zero attached hydrogens (tertiary/aromatic N) is 2. The Morgan fingerprint density at radius 1 is 1.16 bits per heavy atom. The molecule has 3 aromatic rings. The molecule has 1 aliphatic rings. The van der Waals surface area contributed by atoms with Gasteiger partial charge in [0, 0.05) is 29.7 Å². The molecule has 1 N–H and O–H groups in total. The van der Waals surface area contributed by atoms with Crippen LogP contribution < -0.4 is 5.32 Å². The third-order valence-electron chi connectivity index (χ3n) is 5.43. The van der Waals surface area contributed by atoms with Crippen LogP contribution in [0, 0.1) is 6.92 Å². The van der Waals surface area contributed by atoms with Crippen molar-refractivity contribution in [1.82, 2.24) is 9.29 Å². The summed E-state index contributed by atoms with van der Waals surface area (Å²) in [5, 5.41) is 6.05. The van der Waals surface area contributed by atoms with Crippen LogP contribution in [0.15, 0.2) is 52.7 Å². The van der Waals surface area contributed by atoms with Gasteiger partial charge in [-0.3, -0.25) is 4.79 Å². The van der Waals surface area contributed by atoms with E-state index in [-0.39, 0.29) is 17.2 Å². The van der Waals surface area contributed by atoms with Gasteiger partial charge in [-0.15, -0.1) is 11.3 Å². The minimum absolute atomic E-state index is 0.0868. The Morgan fingerprint density at radius 2 is 1.91 bits per heavy atom. The fraction of sp³-hybridized carbons (Fsp3) is 0.304. The lowest BCUT2D eigenvalue weighted by Gasteiger charge is -2.26. The van der Waals surface area contributed by atoms with Crippen molar-refractivity contribution in [2.75, 3.05) is 18.4 Å². The van der Waals surface area contributed by atoms with Crippen LogP contribution in [0.4, 0.5) is 5.69 Å². The number of aromatic nitrogens is 1. The summed E-state index contributed by atoms with van der Waals surface area (Å²) in [6.07, 6.45) is 2.89. The van der Waals surface area contributed by atoms with Crippen LogP contribution in [0.3, 0.4) is 0 Å². The number of amides is 1. The first-order valence-corrected chi connectivity index (χ1v) is 13.1. The van der Waals surface area contributed by atoms with Gasteiger partial charge in [0.15, 0.2) is 0 Å². The monoisotopic (exact) mass is 489 g/mol. The molecule has 1 saturated heterocycles. The van der Waals surface area contributed by atoms with Crippen LogP contribution in [0.2, 0.25) is 5.02 Å². The van der Waals surface area contributed by atoms with Gasteiger partial charge >= 0.3 is 0 Å². The predicted octanol–water partition coefficient (Wildman–Crippen LogP) is 5.13. The van der Waals surface area contributed by atoms with E-state index in [0.717, 1.165) is 35.4 Å². The molecule has 2 aromatic carbocycles. The average Bonchev–Trinajstić information content (AvgIpc) is 3.24. The summed E-state index contributed by atoms with van der Waals surface area (Å²) in [5.74, 6) is -0.253. The van der Waals surface area contributed by atoms with Crippen LogP contribution in [-0.2, 0) is 21.2 Å². The van der Waals surface area contributed by atoms with Crippen molar-refractivity contribution in [3.05, 3.63) is 64.1 Å². The maximum Gasteiger partial charge on any atom is 0.243 e. The van der Waals surface area contributed by atoms with E-state index in [9.17, 15) is 13.2 Å². The van der Waals surface area contributed by atoms with E-state index < -0.39 is 10.0 Å². The van der Waals surface area contributed by atoms with Gasteiger partial charge in [-0.05, 0) is 43.5 Å². The highest BCUT2D eigenvalue weighted by atomic mass is 35.5. The number of anilines is 1. The third kappa shape index (κ3) is 5.04. The summed E-state index contributed by atoms with van der Waals surface area (Å²) in [4.78, 5) is 17.4. The van der Waals surface area contributed by atoms with Crippen molar-refractivity contribution in [3.8, 4) is 10.6 Å². The molecule has 0 radical (unpaired) electrons. The summed E-state index contributed by atoms with van der Waals surface area (Å²) in [5.41, 5.74) is 2.76. The van der Waals surface area contributed by atoms with Gasteiger partial charge in [0.05, 0.1) is 22.0 Å². The Bertz CT molecular complexity index is 1230. The highest BCUT2D eigenvalue weighted by Gasteiger charge is 2.26. The lowest BCUT2D eigenvalue weighted by atomic mass is 10.2. The topological polar surface area (TPSA) is 79.4 Å². The molecule has 1 fully saturated rings. The number of thiazole rings is 1. The van der Waals surface area contributed by atoms with Crippen molar-refractivity contribution in [3.63, 3.8) is 0 Å². The largest absolute Gasteiger partial charge is 0.325 e. The molecular formula is C23H24ClN3O3S2. The molecule has 0 spiro atoms. The number of rotatable bonds is 6. The second-order valence-electron chi connectivity index (χ2n) is 7.79. The summed E-state index contributed by atoms with van der Waals surface area (Å²) < 4.78 is 27.5. The fourth-order valence-corrected chi connectivity index (χ4v) is 6.34. The number of halogens is 1. The number of carbonyl (C=O) groups excluding carboxylic acids is 1. The number of aryl methyl sites for hydroxylation is 1. The van der Waals surface area contributed by atoms with E-state index in [1.54, 1.807) is 24.3 Å². The van der Waals surface area contributed by atoms with Crippen LogP contribution >= 0.6 is 22.9 Å². The average molecular weight is 490 g/mol. The van der Waals surface area contributed by atoms with Crippen LogP contribution in [-0.4, -0.2) is 36.7 Å². The van der Waals surface area contributed by atoms with Crippen molar-refractivity contribution in [1.29, 1.82) is 0 Å². The molecule has 6 nitrogen and oxygen atoms in total. The second kappa shape index (κ2) is 9.70. The van der Waals surface area contributed by atoms with Gasteiger partial charge in [-0.25, -0.2) is 13.4 Å². The van der Waals surface area contributed by atoms with Crippen LogP contribution in [0.25, 0.3) is 10.6 Å². The molecule has 0 bridgehead atoms. The summed E-state index contributed by atoms with van der Waals surface area (Å²) >= 11 is 7.67. The van der Waals surface area contributed by atoms with Crippen LogP contribution in [0.5, 0.6) is 0 Å². The van der Waals surface area contributed by atoms with E-state index >= 15 is 0 Å². The van der Waals surface area contributed by atoms with Gasteiger partial charge in [-0.2, -0.15) is 4.31 Å². The number of hydrogen-bond acceptors (Lipinski definition) is 5. The molecule has 32 heavy (non-hydrogen) atoms. The van der Waals surface area contributed by atoms with Gasteiger partial charge < -0.3 is 5.32 Å². The number of nitrogens with one attached hydrogen (secondary N) is 1. The number of carbonyl (C=O) groups is 1. The minimum Gasteiger partial charge on any atom is -0.325 e. The standard InChI is InChI=1S/C23H24ClN3O3S2/c1-16-9-10-18(32(29,30)27-11-5-2-6-12-27)14-21(16)26-22(28)13-17-15-31-23(25-17)19-7-3-4-8-20(19)24/h3-4,7-10,14-15H,2,5-6,11-13H2,1H3,(H,26,28). The van der Waals surface area contributed by atoms with Crippen molar-refractivity contribution >= 4 is 44.6 Å². The molecule has 0 unspecified atom stereocenters. The SMILES string of the molecule is Cc1ccc(S(=O)(=O)N2CCCCC2)cc1NC(=O)Cc1csc(-c2ccccc2Cl)n1. The van der Waals surface area contributed by atoms with Gasteiger partial charge in [0.1, 0.15) is 5.01 Å². The summed E-state index contributed by atoms with van der Waals surface area (Å²) in [6, 6.07) is 12.3. The molecule has 1 aromatic heterocycles. The van der Waals surface area contributed by atoms with Crippen molar-refractivity contribution in [2.24, 2.45) is 0 Å². The van der Waals surface area contributed by atoms with E-state index in [1.165, 1.54) is 15.6 Å². The number of benzene rings is 2. The van der Waals surface area contributed by atoms with Gasteiger partial charge in [0.2, 0.25) is 15.9 Å². The first kappa shape index (κ1) is 22.9. The van der Waals surface area contributed by atoms with E-state index in [0.29, 0.717) is 29.5 Å². The lowest BCUT2D eigenvalue weighted by Crippen LogP contribution is -2.35. The highest BCUT2D eigenvalue weighted by Crippen LogP contribution is 2.30. The van der Waals surface area contributed by atoms with E-state index in [1.807, 2.05) is 30.5 Å². The number of sulfonamides is 1. The normalized spacial score (nSPS) is 14.9. The number of hydrogen-bond donors (Lipinski definition) is 1. The lowest BCUT2D eigenvalue weighted by molar-refractivity contribution is -0.115. The van der Waals surface area contributed by atoms with E-state index in [2.05, 4.69) is 10.3 Å². The van der Waals surface area contributed by atoms with Gasteiger partial charge in [0.25, 0.3) is 0 Å². The molecule has 2 heterocycles. The first-order chi connectivity index (χ1) is 15.3. The third-order valence-corrected chi connectivity index (χ3v) is 8.58. The smallest absolute Gasteiger partial charge is 0.243 e. The Morgan fingerprint density at radius 3 is 2.66 bits per heavy atom. The maximum atomic E-state index is 13.0. The zero-order valence-electron chi connectivity index (χ0n) is 17.7.